The molecule has 1 atom stereocenters. The van der Waals surface area contributed by atoms with Crippen molar-refractivity contribution < 1.29 is 5.11 Å². The van der Waals surface area contributed by atoms with Gasteiger partial charge in [0.25, 0.3) is 0 Å². The Morgan fingerprint density at radius 2 is 1.75 bits per heavy atom. The number of hydrogen-bond donors (Lipinski definition) is 2. The van der Waals surface area contributed by atoms with Gasteiger partial charge >= 0.3 is 0 Å². The Hall–Kier alpha value is -0.0800. The van der Waals surface area contributed by atoms with Crippen LogP contribution in [0.1, 0.15) is 52.4 Å². The molecule has 0 bridgehead atoms. The summed E-state index contributed by atoms with van der Waals surface area (Å²) in [6.45, 7) is 4.66. The third-order valence-corrected chi connectivity index (χ3v) is 2.34. The van der Waals surface area contributed by atoms with Crippen molar-refractivity contribution in [2.75, 3.05) is 6.54 Å². The van der Waals surface area contributed by atoms with Gasteiger partial charge in [-0.3, -0.25) is 0 Å². The van der Waals surface area contributed by atoms with Gasteiger partial charge < -0.3 is 10.8 Å². The van der Waals surface area contributed by atoms with Gasteiger partial charge in [-0.2, -0.15) is 0 Å². The molecule has 0 aromatic heterocycles. The minimum Gasteiger partial charge on any atom is -0.389 e. The fraction of sp³-hybridized carbons (Fsp3) is 1.00. The average molecular weight is 173 g/mol. The lowest BCUT2D eigenvalue weighted by Crippen LogP contribution is -2.37. The normalized spacial score (nSPS) is 16.0. The van der Waals surface area contributed by atoms with Crippen molar-refractivity contribution in [3.8, 4) is 0 Å². The monoisotopic (exact) mass is 173 g/mol. The number of rotatable bonds is 7. The molecule has 3 N–H and O–H groups in total. The Bertz CT molecular complexity index is 106. The molecule has 0 amide bonds. The van der Waals surface area contributed by atoms with Crippen molar-refractivity contribution in [2.45, 2.75) is 58.0 Å². The summed E-state index contributed by atoms with van der Waals surface area (Å²) in [5.41, 5.74) is 4.95. The van der Waals surface area contributed by atoms with Gasteiger partial charge in [-0.15, -0.1) is 0 Å². The number of unbranched alkanes of at least 4 members (excludes halogenated alkanes) is 2. The first kappa shape index (κ1) is 11.9. The summed E-state index contributed by atoms with van der Waals surface area (Å²) in [4.78, 5) is 0. The van der Waals surface area contributed by atoms with E-state index in [1.807, 2.05) is 0 Å². The molecule has 0 spiro atoms. The summed E-state index contributed by atoms with van der Waals surface area (Å²) in [6, 6.07) is 0. The summed E-state index contributed by atoms with van der Waals surface area (Å²) in [5.74, 6) is 0. The number of aliphatic hydroxyl groups is 1. The molecule has 0 rings (SSSR count). The Kier molecular flexibility index (Phi) is 6.39. The number of hydrogen-bond acceptors (Lipinski definition) is 2. The molecule has 2 heteroatoms. The van der Waals surface area contributed by atoms with Crippen molar-refractivity contribution in [2.24, 2.45) is 5.73 Å². The molecule has 0 heterocycles. The fourth-order valence-corrected chi connectivity index (χ4v) is 1.50. The van der Waals surface area contributed by atoms with Crippen molar-refractivity contribution >= 4 is 0 Å². The van der Waals surface area contributed by atoms with E-state index in [-0.39, 0.29) is 0 Å². The van der Waals surface area contributed by atoms with Crippen molar-refractivity contribution in [3.05, 3.63) is 0 Å². The first-order valence-corrected chi connectivity index (χ1v) is 5.11. The van der Waals surface area contributed by atoms with Gasteiger partial charge in [0, 0.05) is 6.54 Å². The zero-order chi connectivity index (χ0) is 9.45. The fourth-order valence-electron chi connectivity index (χ4n) is 1.50. The van der Waals surface area contributed by atoms with Crippen LogP contribution in [0.5, 0.6) is 0 Å². The lowest BCUT2D eigenvalue weighted by molar-refractivity contribution is 0.0284. The molecule has 12 heavy (non-hydrogen) atoms. The molecular formula is C10H23NO. The smallest absolute Gasteiger partial charge is 0.0769 e. The molecule has 0 saturated heterocycles. The highest BCUT2D eigenvalue weighted by molar-refractivity contribution is 4.78. The van der Waals surface area contributed by atoms with Crippen molar-refractivity contribution in [3.63, 3.8) is 0 Å². The predicted molar refractivity (Wildman–Crippen MR) is 53.1 cm³/mol. The highest BCUT2D eigenvalue weighted by Gasteiger charge is 2.22. The van der Waals surface area contributed by atoms with E-state index in [1.54, 1.807) is 0 Å². The van der Waals surface area contributed by atoms with Crippen LogP contribution in [0.25, 0.3) is 0 Å². The minimum atomic E-state index is -0.579. The molecule has 74 valence electrons. The largest absolute Gasteiger partial charge is 0.389 e. The molecule has 0 radical (unpaired) electrons. The summed E-state index contributed by atoms with van der Waals surface area (Å²) in [6.07, 6.45) is 6.22. The summed E-state index contributed by atoms with van der Waals surface area (Å²) in [5, 5.41) is 9.92. The molecule has 0 aromatic rings. The maximum absolute atomic E-state index is 9.92. The van der Waals surface area contributed by atoms with E-state index in [0.717, 1.165) is 25.7 Å². The van der Waals surface area contributed by atoms with Crippen LogP contribution >= 0.6 is 0 Å². The van der Waals surface area contributed by atoms with Crippen LogP contribution in [0.2, 0.25) is 0 Å². The summed E-state index contributed by atoms with van der Waals surface area (Å²) < 4.78 is 0. The Morgan fingerprint density at radius 1 is 1.08 bits per heavy atom. The van der Waals surface area contributed by atoms with E-state index in [2.05, 4.69) is 13.8 Å². The predicted octanol–water partition coefficient (Wildman–Crippen LogP) is 2.06. The zero-order valence-corrected chi connectivity index (χ0v) is 8.47. The topological polar surface area (TPSA) is 46.2 Å². The van der Waals surface area contributed by atoms with Crippen molar-refractivity contribution in [1.29, 1.82) is 0 Å². The third kappa shape index (κ3) is 4.73. The third-order valence-electron chi connectivity index (χ3n) is 2.34. The van der Waals surface area contributed by atoms with Gasteiger partial charge in [-0.1, -0.05) is 39.5 Å². The van der Waals surface area contributed by atoms with E-state index in [9.17, 15) is 5.11 Å². The molecule has 0 aromatic carbocycles. The molecule has 0 fully saturated rings. The van der Waals surface area contributed by atoms with E-state index in [1.165, 1.54) is 12.8 Å². The van der Waals surface area contributed by atoms with Gasteiger partial charge in [0.05, 0.1) is 5.60 Å². The van der Waals surface area contributed by atoms with Crippen LogP contribution in [0.3, 0.4) is 0 Å². The second kappa shape index (κ2) is 6.44. The van der Waals surface area contributed by atoms with Gasteiger partial charge in [0.2, 0.25) is 0 Å². The second-order valence-electron chi connectivity index (χ2n) is 3.64. The molecule has 0 aliphatic carbocycles. The molecule has 2 nitrogen and oxygen atoms in total. The summed E-state index contributed by atoms with van der Waals surface area (Å²) >= 11 is 0. The number of nitrogens with two attached hydrogens (primary N) is 1. The zero-order valence-electron chi connectivity index (χ0n) is 8.47. The first-order valence-electron chi connectivity index (χ1n) is 5.11. The maximum Gasteiger partial charge on any atom is 0.0769 e. The molecule has 0 aliphatic rings. The van der Waals surface area contributed by atoms with Gasteiger partial charge in [-0.05, 0) is 12.8 Å². The van der Waals surface area contributed by atoms with Crippen LogP contribution in [0, 0.1) is 0 Å². The molecule has 0 aliphatic heterocycles. The molecule has 0 saturated carbocycles. The lowest BCUT2D eigenvalue weighted by Gasteiger charge is -2.25. The Labute approximate surface area is 76.2 Å². The van der Waals surface area contributed by atoms with Gasteiger partial charge in [-0.25, -0.2) is 0 Å². The van der Waals surface area contributed by atoms with E-state index in [4.69, 9.17) is 5.73 Å². The quantitative estimate of drug-likeness (QED) is 0.579. The van der Waals surface area contributed by atoms with E-state index >= 15 is 0 Å². The van der Waals surface area contributed by atoms with Crippen LogP contribution in [0.15, 0.2) is 0 Å². The van der Waals surface area contributed by atoms with Gasteiger partial charge in [0.1, 0.15) is 0 Å². The highest BCUT2D eigenvalue weighted by Crippen LogP contribution is 2.19. The Balaban J connectivity index is 3.63. The summed E-state index contributed by atoms with van der Waals surface area (Å²) in [7, 11) is 0. The van der Waals surface area contributed by atoms with E-state index < -0.39 is 5.60 Å². The maximum atomic E-state index is 9.92. The van der Waals surface area contributed by atoms with Crippen molar-refractivity contribution in [1.82, 2.24) is 0 Å². The van der Waals surface area contributed by atoms with Gasteiger partial charge in [0.15, 0.2) is 0 Å². The van der Waals surface area contributed by atoms with Crippen LogP contribution in [0.4, 0.5) is 0 Å². The van der Waals surface area contributed by atoms with Crippen LogP contribution in [-0.2, 0) is 0 Å². The minimum absolute atomic E-state index is 0.407. The average Bonchev–Trinajstić information content (AvgIpc) is 2.06. The van der Waals surface area contributed by atoms with Crippen LogP contribution < -0.4 is 5.73 Å². The molecular weight excluding hydrogens is 150 g/mol. The first-order chi connectivity index (χ1) is 5.68. The van der Waals surface area contributed by atoms with Crippen LogP contribution in [-0.4, -0.2) is 17.3 Å². The SMILES string of the molecule is CCCCCC(O)(CN)CCC. The lowest BCUT2D eigenvalue weighted by atomic mass is 9.92. The van der Waals surface area contributed by atoms with E-state index in [0.29, 0.717) is 6.54 Å². The second-order valence-corrected chi connectivity index (χ2v) is 3.64. The standard InChI is InChI=1S/C10H23NO/c1-3-5-6-8-10(12,9-11)7-4-2/h12H,3-9,11H2,1-2H3. The highest BCUT2D eigenvalue weighted by atomic mass is 16.3. The Morgan fingerprint density at radius 3 is 2.17 bits per heavy atom. The molecule has 1 unspecified atom stereocenters.